The van der Waals surface area contributed by atoms with E-state index >= 15 is 0 Å². The van der Waals surface area contributed by atoms with E-state index in [1.54, 1.807) is 0 Å². The number of hydrogen-bond acceptors (Lipinski definition) is 2. The number of aliphatic hydroxyl groups excluding tert-OH is 1. The first kappa shape index (κ1) is 8.02. The van der Waals surface area contributed by atoms with E-state index in [-0.39, 0.29) is 0 Å². The van der Waals surface area contributed by atoms with Crippen LogP contribution in [0.2, 0.25) is 0 Å². The molecule has 0 bridgehead atoms. The summed E-state index contributed by atoms with van der Waals surface area (Å²) in [5.41, 5.74) is 0. The van der Waals surface area contributed by atoms with Crippen LogP contribution >= 0.6 is 0 Å². The van der Waals surface area contributed by atoms with Crippen molar-refractivity contribution in [2.24, 2.45) is 0 Å². The quantitative estimate of drug-likeness (QED) is 0.639. The fraction of sp³-hybridized carbons (Fsp3) is 1.00. The topological polar surface area (TPSA) is 29.5 Å². The van der Waals surface area contributed by atoms with Crippen LogP contribution in [-0.4, -0.2) is 17.5 Å². The zero-order chi connectivity index (χ0) is 7.40. The van der Waals surface area contributed by atoms with E-state index in [1.165, 1.54) is 0 Å². The van der Waals surface area contributed by atoms with Gasteiger partial charge in [-0.05, 0) is 25.7 Å². The predicted molar refractivity (Wildman–Crippen MR) is 39.6 cm³/mol. The fourth-order valence-electron chi connectivity index (χ4n) is 1.41. The monoisotopic (exact) mass is 144 g/mol. The van der Waals surface area contributed by atoms with E-state index in [0.717, 1.165) is 32.1 Å². The molecule has 10 heavy (non-hydrogen) atoms. The fourth-order valence-corrected chi connectivity index (χ4v) is 1.41. The predicted octanol–water partition coefficient (Wildman–Crippen LogP) is 1.67. The Morgan fingerprint density at radius 3 is 2.90 bits per heavy atom. The molecule has 0 aromatic heterocycles. The average Bonchev–Trinajstić information content (AvgIpc) is 1.88. The molecule has 1 aliphatic heterocycles. The second-order valence-electron chi connectivity index (χ2n) is 2.93. The smallest absolute Gasteiger partial charge is 0.154 e. The Balaban J connectivity index is 2.18. The van der Waals surface area contributed by atoms with E-state index in [9.17, 15) is 0 Å². The van der Waals surface area contributed by atoms with Gasteiger partial charge in [-0.1, -0.05) is 13.3 Å². The minimum absolute atomic E-state index is 0.328. The first-order valence-corrected chi connectivity index (χ1v) is 4.16. The molecule has 0 radical (unpaired) electrons. The normalized spacial score (nSPS) is 34.2. The molecule has 1 saturated heterocycles. The van der Waals surface area contributed by atoms with Crippen molar-refractivity contribution < 1.29 is 9.84 Å². The van der Waals surface area contributed by atoms with Crippen LogP contribution in [0.3, 0.4) is 0 Å². The highest BCUT2D eigenvalue weighted by molar-refractivity contribution is 4.64. The number of hydrogen-bond donors (Lipinski definition) is 1. The van der Waals surface area contributed by atoms with Crippen LogP contribution in [0, 0.1) is 0 Å². The van der Waals surface area contributed by atoms with Crippen LogP contribution in [0.1, 0.15) is 39.0 Å². The minimum Gasteiger partial charge on any atom is -0.368 e. The van der Waals surface area contributed by atoms with Crippen molar-refractivity contribution in [2.45, 2.75) is 51.4 Å². The summed E-state index contributed by atoms with van der Waals surface area (Å²) in [6, 6.07) is 0. The van der Waals surface area contributed by atoms with Crippen molar-refractivity contribution in [3.05, 3.63) is 0 Å². The van der Waals surface area contributed by atoms with Crippen LogP contribution < -0.4 is 0 Å². The van der Waals surface area contributed by atoms with Crippen molar-refractivity contribution in [1.82, 2.24) is 0 Å². The average molecular weight is 144 g/mol. The summed E-state index contributed by atoms with van der Waals surface area (Å²) in [5, 5.41) is 9.08. The van der Waals surface area contributed by atoms with Gasteiger partial charge >= 0.3 is 0 Å². The summed E-state index contributed by atoms with van der Waals surface area (Å²) in [6.07, 6.45) is 5.16. The van der Waals surface area contributed by atoms with Crippen LogP contribution in [0.25, 0.3) is 0 Å². The first-order valence-electron chi connectivity index (χ1n) is 4.16. The van der Waals surface area contributed by atoms with Crippen molar-refractivity contribution in [3.8, 4) is 0 Å². The van der Waals surface area contributed by atoms with E-state index in [1.807, 2.05) is 0 Å². The molecular weight excluding hydrogens is 128 g/mol. The maximum atomic E-state index is 9.08. The molecule has 2 heteroatoms. The van der Waals surface area contributed by atoms with Gasteiger partial charge in [0, 0.05) is 0 Å². The molecular formula is C8H16O2. The Morgan fingerprint density at radius 1 is 1.50 bits per heavy atom. The van der Waals surface area contributed by atoms with Crippen LogP contribution in [0.5, 0.6) is 0 Å². The van der Waals surface area contributed by atoms with Gasteiger partial charge in [0.1, 0.15) is 0 Å². The minimum atomic E-state index is -0.481. The lowest BCUT2D eigenvalue weighted by Gasteiger charge is -2.26. The summed E-state index contributed by atoms with van der Waals surface area (Å²) in [6.45, 7) is 2.14. The van der Waals surface area contributed by atoms with Gasteiger partial charge in [-0.2, -0.15) is 0 Å². The molecule has 0 saturated carbocycles. The second-order valence-corrected chi connectivity index (χ2v) is 2.93. The molecule has 1 N–H and O–H groups in total. The van der Waals surface area contributed by atoms with Gasteiger partial charge < -0.3 is 9.84 Å². The molecule has 0 aromatic carbocycles. The third-order valence-corrected chi connectivity index (χ3v) is 1.94. The summed E-state index contributed by atoms with van der Waals surface area (Å²) in [7, 11) is 0. The Hall–Kier alpha value is -0.0800. The van der Waals surface area contributed by atoms with E-state index in [2.05, 4.69) is 6.92 Å². The SMILES string of the molecule is CCCC1CCCC(O)O1. The lowest BCUT2D eigenvalue weighted by atomic mass is 10.0. The molecule has 0 aromatic rings. The highest BCUT2D eigenvalue weighted by Crippen LogP contribution is 2.20. The highest BCUT2D eigenvalue weighted by Gasteiger charge is 2.18. The lowest BCUT2D eigenvalue weighted by Crippen LogP contribution is -2.26. The van der Waals surface area contributed by atoms with Gasteiger partial charge in [-0.15, -0.1) is 0 Å². The summed E-state index contributed by atoms with van der Waals surface area (Å²) in [5.74, 6) is 0. The van der Waals surface area contributed by atoms with Crippen LogP contribution in [0.4, 0.5) is 0 Å². The Kier molecular flexibility index (Phi) is 3.16. The van der Waals surface area contributed by atoms with E-state index in [4.69, 9.17) is 9.84 Å². The van der Waals surface area contributed by atoms with Gasteiger partial charge in [0.25, 0.3) is 0 Å². The summed E-state index contributed by atoms with van der Waals surface area (Å²) >= 11 is 0. The van der Waals surface area contributed by atoms with Crippen LogP contribution in [0.15, 0.2) is 0 Å². The maximum absolute atomic E-state index is 9.08. The molecule has 60 valence electrons. The summed E-state index contributed by atoms with van der Waals surface area (Å²) in [4.78, 5) is 0. The third kappa shape index (κ3) is 2.27. The molecule has 2 nitrogen and oxygen atoms in total. The highest BCUT2D eigenvalue weighted by atomic mass is 16.6. The number of aliphatic hydroxyl groups is 1. The molecule has 1 heterocycles. The largest absolute Gasteiger partial charge is 0.368 e. The Labute approximate surface area is 62.2 Å². The molecule has 0 amide bonds. The molecule has 1 fully saturated rings. The van der Waals surface area contributed by atoms with Gasteiger partial charge in [0.2, 0.25) is 0 Å². The first-order chi connectivity index (χ1) is 4.83. The van der Waals surface area contributed by atoms with E-state index < -0.39 is 6.29 Å². The lowest BCUT2D eigenvalue weighted by molar-refractivity contribution is -0.163. The zero-order valence-corrected chi connectivity index (χ0v) is 6.55. The van der Waals surface area contributed by atoms with Gasteiger partial charge in [-0.25, -0.2) is 0 Å². The van der Waals surface area contributed by atoms with Gasteiger partial charge in [0.15, 0.2) is 6.29 Å². The molecule has 1 aliphatic rings. The number of rotatable bonds is 2. The molecule has 2 unspecified atom stereocenters. The Morgan fingerprint density at radius 2 is 2.30 bits per heavy atom. The third-order valence-electron chi connectivity index (χ3n) is 1.94. The van der Waals surface area contributed by atoms with Gasteiger partial charge in [0.05, 0.1) is 6.10 Å². The van der Waals surface area contributed by atoms with E-state index in [0.29, 0.717) is 6.10 Å². The molecule has 0 aliphatic carbocycles. The molecule has 0 spiro atoms. The Bertz CT molecular complexity index is 91.3. The van der Waals surface area contributed by atoms with Gasteiger partial charge in [-0.3, -0.25) is 0 Å². The van der Waals surface area contributed by atoms with Crippen molar-refractivity contribution in [1.29, 1.82) is 0 Å². The van der Waals surface area contributed by atoms with Crippen molar-refractivity contribution in [3.63, 3.8) is 0 Å². The zero-order valence-electron chi connectivity index (χ0n) is 6.55. The van der Waals surface area contributed by atoms with Crippen LogP contribution in [-0.2, 0) is 4.74 Å². The summed E-state index contributed by atoms with van der Waals surface area (Å²) < 4.78 is 5.28. The second kappa shape index (κ2) is 3.94. The maximum Gasteiger partial charge on any atom is 0.154 e. The van der Waals surface area contributed by atoms with Crippen molar-refractivity contribution in [2.75, 3.05) is 0 Å². The van der Waals surface area contributed by atoms with Crippen molar-refractivity contribution >= 4 is 0 Å². The standard InChI is InChI=1S/C8H16O2/c1-2-4-7-5-3-6-8(9)10-7/h7-9H,2-6H2,1H3. The molecule has 2 atom stereocenters. The number of ether oxygens (including phenoxy) is 1. The molecule has 1 rings (SSSR count).